The van der Waals surface area contributed by atoms with Crippen molar-refractivity contribution in [3.05, 3.63) is 24.4 Å². The molecule has 6 heteroatoms. The summed E-state index contributed by atoms with van der Waals surface area (Å²) in [5.41, 5.74) is 0.870. The van der Waals surface area contributed by atoms with Gasteiger partial charge in [-0.05, 0) is 25.0 Å². The number of rotatable bonds is 3. The monoisotopic (exact) mass is 262 g/mol. The summed E-state index contributed by atoms with van der Waals surface area (Å²) < 4.78 is 5.33. The third-order valence-corrected chi connectivity index (χ3v) is 3.73. The van der Waals surface area contributed by atoms with Crippen molar-refractivity contribution in [1.29, 1.82) is 0 Å². The largest absolute Gasteiger partial charge is 0.381 e. The first kappa shape index (κ1) is 11.6. The molecule has 1 fully saturated rings. The highest BCUT2D eigenvalue weighted by molar-refractivity contribution is 7.18. The quantitative estimate of drug-likeness (QED) is 0.918. The second-order valence-electron chi connectivity index (χ2n) is 4.16. The molecule has 18 heavy (non-hydrogen) atoms. The molecule has 2 aromatic heterocycles. The van der Waals surface area contributed by atoms with Gasteiger partial charge in [0.1, 0.15) is 5.69 Å². The zero-order chi connectivity index (χ0) is 12.2. The van der Waals surface area contributed by atoms with Crippen LogP contribution in [0.5, 0.6) is 0 Å². The third kappa shape index (κ3) is 2.65. The van der Waals surface area contributed by atoms with Gasteiger partial charge >= 0.3 is 0 Å². The summed E-state index contributed by atoms with van der Waals surface area (Å²) in [6, 6.07) is 6.24. The van der Waals surface area contributed by atoms with Crippen molar-refractivity contribution in [2.45, 2.75) is 18.9 Å². The zero-order valence-corrected chi connectivity index (χ0v) is 10.7. The molecular weight excluding hydrogens is 248 g/mol. The molecule has 0 saturated carbocycles. The molecule has 0 amide bonds. The van der Waals surface area contributed by atoms with Crippen LogP contribution in [0.4, 0.5) is 5.13 Å². The second-order valence-corrected chi connectivity index (χ2v) is 5.14. The van der Waals surface area contributed by atoms with E-state index in [4.69, 9.17) is 4.74 Å². The van der Waals surface area contributed by atoms with E-state index >= 15 is 0 Å². The van der Waals surface area contributed by atoms with Gasteiger partial charge in [-0.15, -0.1) is 10.2 Å². The van der Waals surface area contributed by atoms with Gasteiger partial charge in [0.25, 0.3) is 0 Å². The van der Waals surface area contributed by atoms with Crippen LogP contribution in [-0.4, -0.2) is 34.4 Å². The first-order chi connectivity index (χ1) is 8.92. The molecule has 0 aromatic carbocycles. The lowest BCUT2D eigenvalue weighted by atomic mass is 10.1. The minimum Gasteiger partial charge on any atom is -0.381 e. The predicted octanol–water partition coefficient (Wildman–Crippen LogP) is 2.19. The number of ether oxygens (including phenoxy) is 1. The number of nitrogens with zero attached hydrogens (tertiary/aromatic N) is 3. The van der Waals surface area contributed by atoms with Crippen LogP contribution in [0.15, 0.2) is 24.4 Å². The van der Waals surface area contributed by atoms with Crippen molar-refractivity contribution >= 4 is 16.5 Å². The fourth-order valence-electron chi connectivity index (χ4n) is 1.89. The van der Waals surface area contributed by atoms with Crippen molar-refractivity contribution in [2.75, 3.05) is 18.5 Å². The highest BCUT2D eigenvalue weighted by Crippen LogP contribution is 2.25. The standard InChI is InChI=1S/C12H14N4OS/c1-2-6-13-10(3-1)11-15-16-12(18-11)14-9-4-7-17-8-5-9/h1-3,6,9H,4-5,7-8H2,(H,14,16). The minimum absolute atomic E-state index is 0.447. The number of hydrogen-bond donors (Lipinski definition) is 1. The summed E-state index contributed by atoms with van der Waals surface area (Å²) in [6.45, 7) is 1.65. The summed E-state index contributed by atoms with van der Waals surface area (Å²) in [7, 11) is 0. The minimum atomic E-state index is 0.447. The van der Waals surface area contributed by atoms with E-state index in [9.17, 15) is 0 Å². The Morgan fingerprint density at radius 1 is 1.22 bits per heavy atom. The predicted molar refractivity (Wildman–Crippen MR) is 70.6 cm³/mol. The Kier molecular flexibility index (Phi) is 3.47. The third-order valence-electron chi connectivity index (χ3n) is 2.86. The smallest absolute Gasteiger partial charge is 0.206 e. The average Bonchev–Trinajstić information content (AvgIpc) is 2.89. The van der Waals surface area contributed by atoms with Crippen LogP contribution < -0.4 is 5.32 Å². The van der Waals surface area contributed by atoms with E-state index < -0.39 is 0 Å². The van der Waals surface area contributed by atoms with Crippen LogP contribution in [0.25, 0.3) is 10.7 Å². The van der Waals surface area contributed by atoms with Gasteiger partial charge in [-0.3, -0.25) is 4.98 Å². The van der Waals surface area contributed by atoms with Crippen LogP contribution >= 0.6 is 11.3 Å². The molecule has 5 nitrogen and oxygen atoms in total. The van der Waals surface area contributed by atoms with E-state index in [0.717, 1.165) is 41.9 Å². The van der Waals surface area contributed by atoms with Gasteiger partial charge in [-0.25, -0.2) is 0 Å². The normalized spacial score (nSPS) is 16.7. The first-order valence-electron chi connectivity index (χ1n) is 6.01. The average molecular weight is 262 g/mol. The Balaban J connectivity index is 1.69. The number of pyridine rings is 1. The molecule has 3 rings (SSSR count). The molecule has 0 spiro atoms. The van der Waals surface area contributed by atoms with Gasteiger partial charge < -0.3 is 10.1 Å². The van der Waals surface area contributed by atoms with Crippen LogP contribution in [0.3, 0.4) is 0 Å². The molecule has 0 bridgehead atoms. The van der Waals surface area contributed by atoms with Gasteiger partial charge in [0.15, 0.2) is 5.01 Å². The van der Waals surface area contributed by atoms with Crippen molar-refractivity contribution in [1.82, 2.24) is 15.2 Å². The molecule has 0 unspecified atom stereocenters. The topological polar surface area (TPSA) is 59.9 Å². The molecule has 3 heterocycles. The van der Waals surface area contributed by atoms with Gasteiger partial charge in [-0.1, -0.05) is 17.4 Å². The van der Waals surface area contributed by atoms with E-state index in [-0.39, 0.29) is 0 Å². The fraction of sp³-hybridized carbons (Fsp3) is 0.417. The van der Waals surface area contributed by atoms with Gasteiger partial charge in [0, 0.05) is 25.5 Å². The molecule has 1 aliphatic heterocycles. The lowest BCUT2D eigenvalue weighted by Gasteiger charge is -2.22. The molecular formula is C12H14N4OS. The van der Waals surface area contributed by atoms with Crippen molar-refractivity contribution in [3.63, 3.8) is 0 Å². The van der Waals surface area contributed by atoms with E-state index in [1.165, 1.54) is 0 Å². The Morgan fingerprint density at radius 3 is 2.89 bits per heavy atom. The lowest BCUT2D eigenvalue weighted by molar-refractivity contribution is 0.0904. The second kappa shape index (κ2) is 5.41. The SMILES string of the molecule is c1ccc(-c2nnc(NC3CCOCC3)s2)nc1. The molecule has 2 aromatic rings. The van der Waals surface area contributed by atoms with Crippen molar-refractivity contribution in [2.24, 2.45) is 0 Å². The summed E-state index contributed by atoms with van der Waals surface area (Å²) >= 11 is 1.54. The summed E-state index contributed by atoms with van der Waals surface area (Å²) in [5.74, 6) is 0. The Bertz CT molecular complexity index is 496. The van der Waals surface area contributed by atoms with Crippen molar-refractivity contribution in [3.8, 4) is 10.7 Å². The van der Waals surface area contributed by atoms with E-state index in [2.05, 4.69) is 20.5 Å². The fourth-order valence-corrected chi connectivity index (χ4v) is 2.69. The summed E-state index contributed by atoms with van der Waals surface area (Å²) in [4.78, 5) is 4.27. The number of hydrogen-bond acceptors (Lipinski definition) is 6. The van der Waals surface area contributed by atoms with Gasteiger partial charge in [-0.2, -0.15) is 0 Å². The highest BCUT2D eigenvalue weighted by atomic mass is 32.1. The van der Waals surface area contributed by atoms with Crippen LogP contribution in [0.1, 0.15) is 12.8 Å². The first-order valence-corrected chi connectivity index (χ1v) is 6.82. The Morgan fingerprint density at radius 2 is 2.11 bits per heavy atom. The number of anilines is 1. The molecule has 0 aliphatic carbocycles. The molecule has 0 atom stereocenters. The van der Waals surface area contributed by atoms with E-state index in [1.54, 1.807) is 17.5 Å². The summed E-state index contributed by atoms with van der Waals surface area (Å²) in [5, 5.41) is 13.5. The lowest BCUT2D eigenvalue weighted by Crippen LogP contribution is -2.27. The molecule has 0 radical (unpaired) electrons. The molecule has 94 valence electrons. The van der Waals surface area contributed by atoms with E-state index in [0.29, 0.717) is 6.04 Å². The number of aromatic nitrogens is 3. The Hall–Kier alpha value is -1.53. The molecule has 1 N–H and O–H groups in total. The maximum Gasteiger partial charge on any atom is 0.206 e. The van der Waals surface area contributed by atoms with E-state index in [1.807, 2.05) is 18.2 Å². The summed E-state index contributed by atoms with van der Waals surface area (Å²) in [6.07, 6.45) is 3.82. The maximum atomic E-state index is 5.33. The molecule has 1 saturated heterocycles. The molecule has 1 aliphatic rings. The highest BCUT2D eigenvalue weighted by Gasteiger charge is 2.15. The van der Waals surface area contributed by atoms with Gasteiger partial charge in [0.05, 0.1) is 0 Å². The van der Waals surface area contributed by atoms with Crippen LogP contribution in [-0.2, 0) is 4.74 Å². The maximum absolute atomic E-state index is 5.33. The van der Waals surface area contributed by atoms with Crippen LogP contribution in [0.2, 0.25) is 0 Å². The zero-order valence-electron chi connectivity index (χ0n) is 9.87. The van der Waals surface area contributed by atoms with Crippen LogP contribution in [0, 0.1) is 0 Å². The number of nitrogens with one attached hydrogen (secondary N) is 1. The van der Waals surface area contributed by atoms with Gasteiger partial charge in [0.2, 0.25) is 5.13 Å². The van der Waals surface area contributed by atoms with Crippen molar-refractivity contribution < 1.29 is 4.74 Å². The Labute approximate surface area is 109 Å².